The summed E-state index contributed by atoms with van der Waals surface area (Å²) in [5.41, 5.74) is 0.845. The Morgan fingerprint density at radius 1 is 1.06 bits per heavy atom. The van der Waals surface area contributed by atoms with E-state index in [9.17, 15) is 14.4 Å². The maximum absolute atomic E-state index is 12.9. The van der Waals surface area contributed by atoms with E-state index in [4.69, 9.17) is 28.3 Å². The van der Waals surface area contributed by atoms with Gasteiger partial charge in [-0.05, 0) is 49.2 Å². The molecule has 3 rings (SSSR count). The second-order valence-electron chi connectivity index (χ2n) is 8.13. The third-order valence-electron chi connectivity index (χ3n) is 5.20. The first-order valence-electron chi connectivity index (χ1n) is 11.1. The number of carboxylic acids is 1. The molecule has 190 valence electrons. The maximum Gasteiger partial charge on any atom is 0.335 e. The highest BCUT2D eigenvalue weighted by atomic mass is 35.5. The first-order chi connectivity index (χ1) is 17.1. The second kappa shape index (κ2) is 12.2. The molecule has 0 aliphatic heterocycles. The number of hydrogen-bond donors (Lipinski definition) is 3. The van der Waals surface area contributed by atoms with Gasteiger partial charge in [-0.15, -0.1) is 10.2 Å². The fourth-order valence-electron chi connectivity index (χ4n) is 3.38. The summed E-state index contributed by atoms with van der Waals surface area (Å²) in [5, 5.41) is 24.5. The largest absolute Gasteiger partial charge is 0.478 e. The molecule has 0 aliphatic rings. The molecule has 1 heterocycles. The summed E-state index contributed by atoms with van der Waals surface area (Å²) in [6.07, 6.45) is 0. The third kappa shape index (κ3) is 6.77. The molecule has 0 aliphatic carbocycles. The van der Waals surface area contributed by atoms with E-state index in [2.05, 4.69) is 20.8 Å². The monoisotopic (exact) mass is 549 g/mol. The minimum Gasteiger partial charge on any atom is -0.478 e. The van der Waals surface area contributed by atoms with Crippen LogP contribution in [0.15, 0.2) is 47.6 Å². The van der Waals surface area contributed by atoms with Crippen molar-refractivity contribution in [1.29, 1.82) is 0 Å². The molecule has 0 saturated carbocycles. The van der Waals surface area contributed by atoms with Gasteiger partial charge >= 0.3 is 5.97 Å². The summed E-state index contributed by atoms with van der Waals surface area (Å²) >= 11 is 13.2. The number of halogens is 2. The Kier molecular flexibility index (Phi) is 9.36. The number of thioether (sulfide) groups is 1. The van der Waals surface area contributed by atoms with Crippen LogP contribution in [0.25, 0.3) is 0 Å². The Morgan fingerprint density at radius 2 is 1.81 bits per heavy atom. The van der Waals surface area contributed by atoms with Gasteiger partial charge in [0.15, 0.2) is 11.0 Å². The van der Waals surface area contributed by atoms with Gasteiger partial charge in [0.1, 0.15) is 0 Å². The van der Waals surface area contributed by atoms with Crippen molar-refractivity contribution in [3.63, 3.8) is 0 Å². The number of carbonyl (C=O) groups is 3. The molecule has 0 spiro atoms. The van der Waals surface area contributed by atoms with Crippen molar-refractivity contribution in [3.05, 3.63) is 69.5 Å². The van der Waals surface area contributed by atoms with Crippen molar-refractivity contribution in [2.75, 3.05) is 11.1 Å². The molecule has 2 amide bonds. The van der Waals surface area contributed by atoms with Gasteiger partial charge in [0.05, 0.1) is 27.4 Å². The fraction of sp³-hybridized carbons (Fsp3) is 0.292. The van der Waals surface area contributed by atoms with Crippen molar-refractivity contribution >= 4 is 58.4 Å². The lowest BCUT2D eigenvalue weighted by atomic mass is 10.0. The van der Waals surface area contributed by atoms with Crippen LogP contribution in [0.4, 0.5) is 5.69 Å². The van der Waals surface area contributed by atoms with Gasteiger partial charge in [-0.1, -0.05) is 54.9 Å². The van der Waals surface area contributed by atoms with Crippen LogP contribution in [-0.4, -0.2) is 43.4 Å². The summed E-state index contributed by atoms with van der Waals surface area (Å²) in [6.45, 7) is 6.37. The molecule has 9 nitrogen and oxygen atoms in total. The Labute approximate surface area is 222 Å². The number of benzene rings is 2. The van der Waals surface area contributed by atoms with Crippen LogP contribution in [0.5, 0.6) is 0 Å². The molecule has 0 fully saturated rings. The predicted octanol–water partition coefficient (Wildman–Crippen LogP) is 5.16. The minimum atomic E-state index is -1.07. The fourth-order valence-corrected chi connectivity index (χ4v) is 4.49. The molecular formula is C24H25Cl2N5O4S. The average molecular weight is 550 g/mol. The summed E-state index contributed by atoms with van der Waals surface area (Å²) in [5.74, 6) is -1.11. The molecule has 1 atom stereocenters. The van der Waals surface area contributed by atoms with E-state index in [1.165, 1.54) is 30.0 Å². The van der Waals surface area contributed by atoms with E-state index in [0.29, 0.717) is 33.8 Å². The zero-order chi connectivity index (χ0) is 26.4. The molecule has 1 aromatic heterocycles. The zero-order valence-electron chi connectivity index (χ0n) is 19.8. The minimum absolute atomic E-state index is 0.00566. The van der Waals surface area contributed by atoms with Gasteiger partial charge in [0.25, 0.3) is 5.91 Å². The number of carbonyl (C=O) groups excluding carboxylic acids is 2. The zero-order valence-corrected chi connectivity index (χ0v) is 22.1. The van der Waals surface area contributed by atoms with Crippen LogP contribution in [0.1, 0.15) is 53.4 Å². The van der Waals surface area contributed by atoms with Gasteiger partial charge in [-0.25, -0.2) is 4.79 Å². The molecule has 3 aromatic rings. The van der Waals surface area contributed by atoms with E-state index >= 15 is 0 Å². The summed E-state index contributed by atoms with van der Waals surface area (Å²) < 4.78 is 1.85. The number of aromatic nitrogens is 3. The molecule has 0 radical (unpaired) electrons. The molecule has 12 heteroatoms. The van der Waals surface area contributed by atoms with Crippen molar-refractivity contribution < 1.29 is 19.5 Å². The van der Waals surface area contributed by atoms with Crippen LogP contribution in [0.3, 0.4) is 0 Å². The van der Waals surface area contributed by atoms with Crippen molar-refractivity contribution in [2.45, 2.75) is 38.5 Å². The van der Waals surface area contributed by atoms with Crippen LogP contribution in [0.2, 0.25) is 10.0 Å². The normalized spacial score (nSPS) is 11.8. The standard InChI is InChI=1S/C24H25Cl2N5O4S/c1-4-31-21(20(13(2)3)28-22(33)14-8-9-17(25)18(26)11-14)29-30-24(31)36-12-19(32)27-16-7-5-6-15(10-16)23(34)35/h5-11,13,20H,4,12H2,1-3H3,(H,27,32)(H,28,33)(H,34,35)/t20-/m0/s1. The summed E-state index contributed by atoms with van der Waals surface area (Å²) in [4.78, 5) is 36.5. The third-order valence-corrected chi connectivity index (χ3v) is 6.91. The molecule has 0 bridgehead atoms. The number of carboxylic acid groups (broad SMARTS) is 1. The van der Waals surface area contributed by atoms with Crippen molar-refractivity contribution in [2.24, 2.45) is 5.92 Å². The lowest BCUT2D eigenvalue weighted by Gasteiger charge is -2.22. The van der Waals surface area contributed by atoms with Gasteiger partial charge < -0.3 is 20.3 Å². The van der Waals surface area contributed by atoms with Gasteiger partial charge in [0.2, 0.25) is 5.91 Å². The van der Waals surface area contributed by atoms with E-state index < -0.39 is 12.0 Å². The van der Waals surface area contributed by atoms with Crippen LogP contribution in [0, 0.1) is 5.92 Å². The predicted molar refractivity (Wildman–Crippen MR) is 140 cm³/mol. The topological polar surface area (TPSA) is 126 Å². The average Bonchev–Trinajstić information content (AvgIpc) is 3.25. The number of anilines is 1. The quantitative estimate of drug-likeness (QED) is 0.298. The molecule has 36 heavy (non-hydrogen) atoms. The Morgan fingerprint density at radius 3 is 2.44 bits per heavy atom. The Hall–Kier alpha value is -3.08. The number of nitrogens with one attached hydrogen (secondary N) is 2. The van der Waals surface area contributed by atoms with E-state index in [-0.39, 0.29) is 34.1 Å². The highest BCUT2D eigenvalue weighted by Crippen LogP contribution is 2.27. The lowest BCUT2D eigenvalue weighted by molar-refractivity contribution is -0.113. The number of nitrogens with zero attached hydrogens (tertiary/aromatic N) is 3. The first kappa shape index (κ1) is 27.5. The molecule has 0 unspecified atom stereocenters. The number of rotatable bonds is 10. The van der Waals surface area contributed by atoms with Crippen molar-refractivity contribution in [3.8, 4) is 0 Å². The van der Waals surface area contributed by atoms with E-state index in [0.717, 1.165) is 0 Å². The Balaban J connectivity index is 1.71. The molecule has 0 saturated heterocycles. The van der Waals surface area contributed by atoms with Crippen LogP contribution >= 0.6 is 35.0 Å². The number of aromatic carboxylic acids is 1. The van der Waals surface area contributed by atoms with E-state index in [1.54, 1.807) is 24.3 Å². The van der Waals surface area contributed by atoms with Gasteiger partial charge in [0, 0.05) is 17.8 Å². The second-order valence-corrected chi connectivity index (χ2v) is 9.89. The smallest absolute Gasteiger partial charge is 0.335 e. The first-order valence-corrected chi connectivity index (χ1v) is 12.8. The Bertz CT molecular complexity index is 1280. The summed E-state index contributed by atoms with van der Waals surface area (Å²) in [7, 11) is 0. The maximum atomic E-state index is 12.9. The number of hydrogen-bond acceptors (Lipinski definition) is 6. The summed E-state index contributed by atoms with van der Waals surface area (Å²) in [6, 6.07) is 10.2. The van der Waals surface area contributed by atoms with Crippen molar-refractivity contribution in [1.82, 2.24) is 20.1 Å². The highest BCUT2D eigenvalue weighted by molar-refractivity contribution is 7.99. The van der Waals surface area contributed by atoms with Crippen LogP contribution < -0.4 is 10.6 Å². The molecular weight excluding hydrogens is 525 g/mol. The van der Waals surface area contributed by atoms with Crippen LogP contribution in [-0.2, 0) is 11.3 Å². The van der Waals surface area contributed by atoms with Gasteiger partial charge in [-0.3, -0.25) is 9.59 Å². The van der Waals surface area contributed by atoms with Gasteiger partial charge in [-0.2, -0.15) is 0 Å². The SMILES string of the molecule is CCn1c(SCC(=O)Nc2cccc(C(=O)O)c2)nnc1[C@@H](NC(=O)c1ccc(Cl)c(Cl)c1)C(C)C. The highest BCUT2D eigenvalue weighted by Gasteiger charge is 2.26. The molecule has 2 aromatic carbocycles. The number of amides is 2. The lowest BCUT2D eigenvalue weighted by Crippen LogP contribution is -2.33. The molecule has 3 N–H and O–H groups in total. The van der Waals surface area contributed by atoms with E-state index in [1.807, 2.05) is 25.3 Å².